The van der Waals surface area contributed by atoms with Crippen molar-refractivity contribution in [3.63, 3.8) is 0 Å². The van der Waals surface area contributed by atoms with Gasteiger partial charge in [0.15, 0.2) is 0 Å². The zero-order valence-corrected chi connectivity index (χ0v) is 9.58. The van der Waals surface area contributed by atoms with Crippen LogP contribution >= 0.6 is 0 Å². The third-order valence-electron chi connectivity index (χ3n) is 2.93. The Morgan fingerprint density at radius 2 is 2.31 bits per heavy atom. The second kappa shape index (κ2) is 5.30. The van der Waals surface area contributed by atoms with E-state index in [1.165, 1.54) is 31.4 Å². The molecule has 0 amide bonds. The molecule has 0 bridgehead atoms. The SMILES string of the molecule is CC(CNC1CCC1)Oc1cccc(F)c1. The monoisotopic (exact) mass is 223 g/mol. The van der Waals surface area contributed by atoms with Gasteiger partial charge >= 0.3 is 0 Å². The van der Waals surface area contributed by atoms with Crippen LogP contribution in [0.3, 0.4) is 0 Å². The van der Waals surface area contributed by atoms with Gasteiger partial charge in [0.2, 0.25) is 0 Å². The highest BCUT2D eigenvalue weighted by molar-refractivity contribution is 5.22. The van der Waals surface area contributed by atoms with Crippen LogP contribution in [0, 0.1) is 5.82 Å². The lowest BCUT2D eigenvalue weighted by Gasteiger charge is -2.28. The molecule has 1 aliphatic carbocycles. The predicted molar refractivity (Wildman–Crippen MR) is 62.1 cm³/mol. The Hall–Kier alpha value is -1.09. The highest BCUT2D eigenvalue weighted by Crippen LogP contribution is 2.18. The average molecular weight is 223 g/mol. The van der Waals surface area contributed by atoms with Crippen LogP contribution < -0.4 is 10.1 Å². The highest BCUT2D eigenvalue weighted by atomic mass is 19.1. The van der Waals surface area contributed by atoms with Crippen LogP contribution in [0.25, 0.3) is 0 Å². The summed E-state index contributed by atoms with van der Waals surface area (Å²) in [4.78, 5) is 0. The maximum absolute atomic E-state index is 12.9. The number of rotatable bonds is 5. The Bertz CT molecular complexity index is 338. The van der Waals surface area contributed by atoms with Crippen LogP contribution in [0.2, 0.25) is 0 Å². The van der Waals surface area contributed by atoms with Crippen LogP contribution in [0.4, 0.5) is 4.39 Å². The topological polar surface area (TPSA) is 21.3 Å². The van der Waals surface area contributed by atoms with Crippen molar-refractivity contribution in [2.24, 2.45) is 0 Å². The molecule has 1 aromatic rings. The van der Waals surface area contributed by atoms with E-state index in [2.05, 4.69) is 5.32 Å². The number of nitrogens with one attached hydrogen (secondary N) is 1. The molecule has 1 fully saturated rings. The molecule has 1 aliphatic rings. The van der Waals surface area contributed by atoms with Gasteiger partial charge in [-0.3, -0.25) is 0 Å². The first kappa shape index (κ1) is 11.4. The Balaban J connectivity index is 1.75. The molecule has 0 aromatic heterocycles. The van der Waals surface area contributed by atoms with E-state index in [1.54, 1.807) is 12.1 Å². The molecule has 1 unspecified atom stereocenters. The molecule has 0 spiro atoms. The number of hydrogen-bond acceptors (Lipinski definition) is 2. The lowest BCUT2D eigenvalue weighted by molar-refractivity contribution is 0.199. The van der Waals surface area contributed by atoms with E-state index < -0.39 is 0 Å². The molecule has 88 valence electrons. The van der Waals surface area contributed by atoms with E-state index >= 15 is 0 Å². The minimum absolute atomic E-state index is 0.0717. The normalized spacial score (nSPS) is 17.9. The van der Waals surface area contributed by atoms with Crippen LogP contribution in [0.15, 0.2) is 24.3 Å². The summed E-state index contributed by atoms with van der Waals surface area (Å²) in [6.45, 7) is 2.82. The first-order valence-electron chi connectivity index (χ1n) is 5.89. The van der Waals surface area contributed by atoms with Gasteiger partial charge in [-0.25, -0.2) is 4.39 Å². The molecule has 0 radical (unpaired) electrons. The van der Waals surface area contributed by atoms with E-state index in [1.807, 2.05) is 6.92 Å². The van der Waals surface area contributed by atoms with Crippen molar-refractivity contribution >= 4 is 0 Å². The summed E-state index contributed by atoms with van der Waals surface area (Å²) in [6.07, 6.45) is 3.94. The van der Waals surface area contributed by atoms with Gasteiger partial charge in [0.05, 0.1) is 0 Å². The highest BCUT2D eigenvalue weighted by Gasteiger charge is 2.17. The molecule has 1 saturated carbocycles. The Kier molecular flexibility index (Phi) is 3.78. The van der Waals surface area contributed by atoms with Crippen molar-refractivity contribution in [3.8, 4) is 5.75 Å². The van der Waals surface area contributed by atoms with E-state index in [4.69, 9.17) is 4.74 Å². The van der Waals surface area contributed by atoms with Gasteiger partial charge in [0.1, 0.15) is 17.7 Å². The number of ether oxygens (including phenoxy) is 1. The van der Waals surface area contributed by atoms with Crippen LogP contribution in [0.5, 0.6) is 5.75 Å². The van der Waals surface area contributed by atoms with Gasteiger partial charge < -0.3 is 10.1 Å². The third-order valence-corrected chi connectivity index (χ3v) is 2.93. The zero-order chi connectivity index (χ0) is 11.4. The van der Waals surface area contributed by atoms with Gasteiger partial charge in [-0.1, -0.05) is 12.5 Å². The Labute approximate surface area is 95.8 Å². The fourth-order valence-corrected chi connectivity index (χ4v) is 1.76. The maximum Gasteiger partial charge on any atom is 0.126 e. The number of benzene rings is 1. The molecule has 1 N–H and O–H groups in total. The average Bonchev–Trinajstić information content (AvgIpc) is 2.15. The number of hydrogen-bond donors (Lipinski definition) is 1. The summed E-state index contributed by atoms with van der Waals surface area (Å²) >= 11 is 0. The molecule has 0 heterocycles. The summed E-state index contributed by atoms with van der Waals surface area (Å²) in [5.41, 5.74) is 0. The molecule has 3 heteroatoms. The van der Waals surface area contributed by atoms with Gasteiger partial charge in [-0.05, 0) is 31.9 Å². The van der Waals surface area contributed by atoms with Crippen molar-refractivity contribution in [3.05, 3.63) is 30.1 Å². The molecular weight excluding hydrogens is 205 g/mol. The zero-order valence-electron chi connectivity index (χ0n) is 9.58. The van der Waals surface area contributed by atoms with Crippen molar-refractivity contribution < 1.29 is 9.13 Å². The van der Waals surface area contributed by atoms with E-state index in [-0.39, 0.29) is 11.9 Å². The Morgan fingerprint density at radius 1 is 1.50 bits per heavy atom. The lowest BCUT2D eigenvalue weighted by Crippen LogP contribution is -2.40. The number of halogens is 1. The summed E-state index contributed by atoms with van der Waals surface area (Å²) in [5.74, 6) is 0.347. The largest absolute Gasteiger partial charge is 0.489 e. The van der Waals surface area contributed by atoms with Crippen molar-refractivity contribution in [2.45, 2.75) is 38.3 Å². The minimum Gasteiger partial charge on any atom is -0.489 e. The molecule has 16 heavy (non-hydrogen) atoms. The standard InChI is InChI=1S/C13H18FNO/c1-10(9-15-12-5-3-6-12)16-13-7-2-4-11(14)8-13/h2,4,7-8,10,12,15H,3,5-6,9H2,1H3. The first-order valence-corrected chi connectivity index (χ1v) is 5.89. The van der Waals surface area contributed by atoms with E-state index in [9.17, 15) is 4.39 Å². The third kappa shape index (κ3) is 3.20. The van der Waals surface area contributed by atoms with Gasteiger partial charge in [0, 0.05) is 18.7 Å². The van der Waals surface area contributed by atoms with Crippen molar-refractivity contribution in [2.75, 3.05) is 6.54 Å². The summed E-state index contributed by atoms with van der Waals surface area (Å²) in [6, 6.07) is 6.95. The van der Waals surface area contributed by atoms with Crippen LogP contribution in [-0.4, -0.2) is 18.7 Å². The quantitative estimate of drug-likeness (QED) is 0.828. The van der Waals surface area contributed by atoms with E-state index in [0.29, 0.717) is 11.8 Å². The lowest BCUT2D eigenvalue weighted by atomic mass is 9.93. The smallest absolute Gasteiger partial charge is 0.126 e. The molecule has 0 aliphatic heterocycles. The van der Waals surface area contributed by atoms with Crippen LogP contribution in [0.1, 0.15) is 26.2 Å². The van der Waals surface area contributed by atoms with Crippen LogP contribution in [-0.2, 0) is 0 Å². The van der Waals surface area contributed by atoms with Gasteiger partial charge in [-0.15, -0.1) is 0 Å². The molecular formula is C13H18FNO. The summed E-state index contributed by atoms with van der Waals surface area (Å²) in [5, 5.41) is 3.43. The fraction of sp³-hybridized carbons (Fsp3) is 0.538. The maximum atomic E-state index is 12.9. The second-order valence-electron chi connectivity index (χ2n) is 4.42. The molecule has 1 aromatic carbocycles. The molecule has 2 rings (SSSR count). The molecule has 0 saturated heterocycles. The van der Waals surface area contributed by atoms with Gasteiger partial charge in [0.25, 0.3) is 0 Å². The first-order chi connectivity index (χ1) is 7.74. The second-order valence-corrected chi connectivity index (χ2v) is 4.42. The molecule has 1 atom stereocenters. The molecule has 2 nitrogen and oxygen atoms in total. The van der Waals surface area contributed by atoms with Crippen molar-refractivity contribution in [1.29, 1.82) is 0 Å². The Morgan fingerprint density at radius 3 is 2.94 bits per heavy atom. The summed E-state index contributed by atoms with van der Waals surface area (Å²) in [7, 11) is 0. The van der Waals surface area contributed by atoms with Crippen molar-refractivity contribution in [1.82, 2.24) is 5.32 Å². The fourth-order valence-electron chi connectivity index (χ4n) is 1.76. The predicted octanol–water partition coefficient (Wildman–Crippen LogP) is 2.74. The van der Waals surface area contributed by atoms with E-state index in [0.717, 1.165) is 6.54 Å². The van der Waals surface area contributed by atoms with Gasteiger partial charge in [-0.2, -0.15) is 0 Å². The minimum atomic E-state index is -0.253. The summed E-state index contributed by atoms with van der Waals surface area (Å²) < 4.78 is 18.5.